The fourth-order valence-corrected chi connectivity index (χ4v) is 2.88. The number of carbonyl (C=O) groups excluding carboxylic acids is 1. The minimum atomic E-state index is -0.169. The molecule has 2 aromatic rings. The van der Waals surface area contributed by atoms with Crippen molar-refractivity contribution < 1.29 is 9.53 Å². The van der Waals surface area contributed by atoms with E-state index in [1.54, 1.807) is 0 Å². The summed E-state index contributed by atoms with van der Waals surface area (Å²) in [6.45, 7) is 5.28. The van der Waals surface area contributed by atoms with Gasteiger partial charge < -0.3 is 4.74 Å². The first kappa shape index (κ1) is 16.6. The number of ether oxygens (including phenoxy) is 1. The van der Waals surface area contributed by atoms with Crippen LogP contribution in [-0.2, 0) is 16.0 Å². The Morgan fingerprint density at radius 1 is 1.27 bits per heavy atom. The van der Waals surface area contributed by atoms with Crippen LogP contribution in [0.25, 0.3) is 0 Å². The number of carbonyl (C=O) groups is 1. The van der Waals surface area contributed by atoms with Crippen molar-refractivity contribution in [2.24, 2.45) is 0 Å². The van der Waals surface area contributed by atoms with Crippen LogP contribution in [0.4, 0.5) is 5.13 Å². The van der Waals surface area contributed by atoms with E-state index < -0.39 is 0 Å². The van der Waals surface area contributed by atoms with Crippen LogP contribution in [0.5, 0.6) is 0 Å². The lowest BCUT2D eigenvalue weighted by atomic mass is 9.96. The van der Waals surface area contributed by atoms with Gasteiger partial charge in [0.25, 0.3) is 0 Å². The van der Waals surface area contributed by atoms with Gasteiger partial charge in [-0.1, -0.05) is 48.6 Å². The Morgan fingerprint density at radius 3 is 2.73 bits per heavy atom. The van der Waals surface area contributed by atoms with Crippen LogP contribution in [0.15, 0.2) is 30.3 Å². The number of nitrogens with one attached hydrogen (secondary N) is 1. The van der Waals surface area contributed by atoms with Gasteiger partial charge in [0, 0.05) is 13.0 Å². The molecule has 0 bridgehead atoms. The first-order valence-corrected chi connectivity index (χ1v) is 8.32. The molecule has 22 heavy (non-hydrogen) atoms. The molecule has 6 heteroatoms. The monoisotopic (exact) mass is 319 g/mol. The highest BCUT2D eigenvalue weighted by Gasteiger charge is 2.19. The first-order valence-electron chi connectivity index (χ1n) is 7.50. The van der Waals surface area contributed by atoms with Gasteiger partial charge in [0.1, 0.15) is 5.01 Å². The maximum atomic E-state index is 12.4. The van der Waals surface area contributed by atoms with Gasteiger partial charge in [-0.2, -0.15) is 0 Å². The molecule has 0 unspecified atom stereocenters. The maximum Gasteiger partial charge on any atom is 0.233 e. The molecule has 1 heterocycles. The predicted molar refractivity (Wildman–Crippen MR) is 88.2 cm³/mol. The average molecular weight is 319 g/mol. The molecule has 2 rings (SSSR count). The molecule has 1 atom stereocenters. The van der Waals surface area contributed by atoms with E-state index in [-0.39, 0.29) is 11.8 Å². The smallest absolute Gasteiger partial charge is 0.233 e. The molecule has 0 aliphatic rings. The third kappa shape index (κ3) is 4.61. The summed E-state index contributed by atoms with van der Waals surface area (Å²) in [5, 5.41) is 12.4. The first-order chi connectivity index (χ1) is 10.7. The second-order valence-electron chi connectivity index (χ2n) is 4.81. The van der Waals surface area contributed by atoms with Gasteiger partial charge in [-0.05, 0) is 18.9 Å². The highest BCUT2D eigenvalue weighted by molar-refractivity contribution is 7.15. The molecular weight excluding hydrogens is 298 g/mol. The number of amides is 1. The maximum absolute atomic E-state index is 12.4. The van der Waals surface area contributed by atoms with E-state index in [1.165, 1.54) is 11.3 Å². The summed E-state index contributed by atoms with van der Waals surface area (Å²) < 4.78 is 5.29. The standard InChI is InChI=1S/C16H21N3O2S/c1-3-13(12-8-6-5-7-9-12)15(20)17-16-19-18-14(22-16)10-11-21-4-2/h5-9,13H,3-4,10-11H2,1-2H3,(H,17,19,20)/t13-/m1/s1. The van der Waals surface area contributed by atoms with Gasteiger partial charge in [0.05, 0.1) is 12.5 Å². The zero-order valence-electron chi connectivity index (χ0n) is 12.9. The van der Waals surface area contributed by atoms with Gasteiger partial charge >= 0.3 is 0 Å². The largest absolute Gasteiger partial charge is 0.381 e. The van der Waals surface area contributed by atoms with Crippen molar-refractivity contribution in [3.63, 3.8) is 0 Å². The van der Waals surface area contributed by atoms with E-state index in [1.807, 2.05) is 44.2 Å². The van der Waals surface area contributed by atoms with Gasteiger partial charge in [0.15, 0.2) is 0 Å². The molecule has 0 saturated heterocycles. The van der Waals surface area contributed by atoms with Gasteiger partial charge in [0.2, 0.25) is 11.0 Å². The normalized spacial score (nSPS) is 12.1. The lowest BCUT2D eigenvalue weighted by molar-refractivity contribution is -0.117. The SMILES string of the molecule is CCOCCc1nnc(NC(=O)[C@H](CC)c2ccccc2)s1. The average Bonchev–Trinajstić information content (AvgIpc) is 2.97. The van der Waals surface area contributed by atoms with Crippen LogP contribution in [0, 0.1) is 0 Å². The predicted octanol–water partition coefficient (Wildman–Crippen LogP) is 3.25. The molecule has 0 spiro atoms. The van der Waals surface area contributed by atoms with Crippen LogP contribution in [0.2, 0.25) is 0 Å². The highest BCUT2D eigenvalue weighted by Crippen LogP contribution is 2.23. The quantitative estimate of drug-likeness (QED) is 0.759. The van der Waals surface area contributed by atoms with Crippen molar-refractivity contribution >= 4 is 22.4 Å². The molecule has 1 aromatic carbocycles. The second kappa shape index (κ2) is 8.60. The van der Waals surface area contributed by atoms with Crippen LogP contribution in [0.1, 0.15) is 36.8 Å². The van der Waals surface area contributed by atoms with Gasteiger partial charge in [-0.25, -0.2) is 0 Å². The van der Waals surface area contributed by atoms with E-state index in [0.29, 0.717) is 18.3 Å². The summed E-state index contributed by atoms with van der Waals surface area (Å²) in [6, 6.07) is 9.79. The third-order valence-corrected chi connectivity index (χ3v) is 4.19. The Bertz CT molecular complexity index is 586. The van der Waals surface area contributed by atoms with E-state index >= 15 is 0 Å². The number of aromatic nitrogens is 2. The summed E-state index contributed by atoms with van der Waals surface area (Å²) >= 11 is 1.40. The fraction of sp³-hybridized carbons (Fsp3) is 0.438. The third-order valence-electron chi connectivity index (χ3n) is 3.29. The van der Waals surface area contributed by atoms with Crippen LogP contribution in [0.3, 0.4) is 0 Å². The molecule has 0 radical (unpaired) electrons. The van der Waals surface area contributed by atoms with E-state index in [0.717, 1.165) is 23.4 Å². The van der Waals surface area contributed by atoms with Gasteiger partial charge in [-0.3, -0.25) is 10.1 Å². The molecule has 0 saturated carbocycles. The van der Waals surface area contributed by atoms with E-state index in [4.69, 9.17) is 4.74 Å². The second-order valence-corrected chi connectivity index (χ2v) is 5.87. The Hall–Kier alpha value is -1.79. The summed E-state index contributed by atoms with van der Waals surface area (Å²) in [5.41, 5.74) is 1.02. The summed E-state index contributed by atoms with van der Waals surface area (Å²) in [5.74, 6) is -0.210. The minimum absolute atomic E-state index is 0.0405. The molecule has 0 fully saturated rings. The number of hydrogen-bond donors (Lipinski definition) is 1. The summed E-state index contributed by atoms with van der Waals surface area (Å²) in [6.07, 6.45) is 1.46. The Balaban J connectivity index is 1.96. The number of anilines is 1. The number of rotatable bonds is 8. The summed E-state index contributed by atoms with van der Waals surface area (Å²) in [4.78, 5) is 12.4. The molecule has 1 N–H and O–H groups in total. The van der Waals surface area contributed by atoms with E-state index in [9.17, 15) is 4.79 Å². The minimum Gasteiger partial charge on any atom is -0.381 e. The number of benzene rings is 1. The van der Waals surface area contributed by atoms with Crippen molar-refractivity contribution in [2.75, 3.05) is 18.5 Å². The highest BCUT2D eigenvalue weighted by atomic mass is 32.1. The van der Waals surface area contributed by atoms with E-state index in [2.05, 4.69) is 15.5 Å². The Morgan fingerprint density at radius 2 is 2.05 bits per heavy atom. The van der Waals surface area contributed by atoms with Crippen molar-refractivity contribution in [3.8, 4) is 0 Å². The number of hydrogen-bond acceptors (Lipinski definition) is 5. The zero-order chi connectivity index (χ0) is 15.8. The zero-order valence-corrected chi connectivity index (χ0v) is 13.7. The molecule has 118 valence electrons. The van der Waals surface area contributed by atoms with Crippen molar-refractivity contribution in [3.05, 3.63) is 40.9 Å². The fourth-order valence-electron chi connectivity index (χ4n) is 2.16. The molecule has 1 amide bonds. The molecular formula is C16H21N3O2S. The van der Waals surface area contributed by atoms with Crippen LogP contribution in [-0.4, -0.2) is 29.3 Å². The van der Waals surface area contributed by atoms with Crippen molar-refractivity contribution in [2.45, 2.75) is 32.6 Å². The summed E-state index contributed by atoms with van der Waals surface area (Å²) in [7, 11) is 0. The molecule has 0 aliphatic carbocycles. The van der Waals surface area contributed by atoms with Gasteiger partial charge in [-0.15, -0.1) is 10.2 Å². The Kier molecular flexibility index (Phi) is 6.48. The lowest BCUT2D eigenvalue weighted by Gasteiger charge is -2.13. The number of nitrogens with zero attached hydrogens (tertiary/aromatic N) is 2. The molecule has 1 aromatic heterocycles. The topological polar surface area (TPSA) is 64.1 Å². The molecule has 5 nitrogen and oxygen atoms in total. The van der Waals surface area contributed by atoms with Crippen molar-refractivity contribution in [1.82, 2.24) is 10.2 Å². The van der Waals surface area contributed by atoms with Crippen LogP contribution < -0.4 is 5.32 Å². The van der Waals surface area contributed by atoms with Crippen LogP contribution >= 0.6 is 11.3 Å². The van der Waals surface area contributed by atoms with Crippen molar-refractivity contribution in [1.29, 1.82) is 0 Å². The lowest BCUT2D eigenvalue weighted by Crippen LogP contribution is -2.20. The Labute approximate surface area is 134 Å². The molecule has 0 aliphatic heterocycles.